The number of hydrogen-bond acceptors (Lipinski definition) is 8. The molecule has 1 aromatic carbocycles. The molecule has 5 N–H and O–H groups in total. The van der Waals surface area contributed by atoms with Crippen LogP contribution < -0.4 is 15.8 Å². The van der Waals surface area contributed by atoms with Crippen LogP contribution in [0.1, 0.15) is 17.8 Å². The van der Waals surface area contributed by atoms with Crippen LogP contribution in [0.4, 0.5) is 10.8 Å². The highest BCUT2D eigenvalue weighted by molar-refractivity contribution is 7.93. The number of amides is 1. The van der Waals surface area contributed by atoms with Gasteiger partial charge in [-0.15, -0.1) is 10.2 Å². The van der Waals surface area contributed by atoms with Gasteiger partial charge in [0, 0.05) is 12.1 Å². The Morgan fingerprint density at radius 1 is 1.27 bits per heavy atom. The van der Waals surface area contributed by atoms with E-state index in [1.54, 1.807) is 6.92 Å². The molecule has 10 nitrogen and oxygen atoms in total. The quantitative estimate of drug-likeness (QED) is 0.505. The molecule has 2 rings (SSSR count). The van der Waals surface area contributed by atoms with Crippen LogP contribution >= 0.6 is 11.3 Å². The molecule has 0 saturated heterocycles. The Morgan fingerprint density at radius 3 is 2.46 bits per heavy atom. The van der Waals surface area contributed by atoms with E-state index in [2.05, 4.69) is 20.2 Å². The van der Waals surface area contributed by atoms with Gasteiger partial charge in [-0.2, -0.15) is 0 Å². The molecule has 0 aliphatic rings. The molecule has 0 saturated carbocycles. The molecule has 0 unspecified atom stereocenters. The summed E-state index contributed by atoms with van der Waals surface area (Å²) >= 11 is 1.11. The Balaban J connectivity index is 1.97. The predicted molar refractivity (Wildman–Crippen MR) is 95.4 cm³/mol. The maximum absolute atomic E-state index is 12.3. The van der Waals surface area contributed by atoms with Gasteiger partial charge in [-0.25, -0.2) is 8.42 Å². The highest BCUT2D eigenvalue weighted by Crippen LogP contribution is 2.20. The van der Waals surface area contributed by atoms with Crippen LogP contribution in [-0.4, -0.2) is 41.6 Å². The first-order chi connectivity index (χ1) is 12.2. The Bertz CT molecular complexity index is 895. The number of rotatable bonds is 8. The van der Waals surface area contributed by atoms with Crippen molar-refractivity contribution in [1.82, 2.24) is 10.2 Å². The summed E-state index contributed by atoms with van der Waals surface area (Å²) in [5, 5.41) is 19.4. The summed E-state index contributed by atoms with van der Waals surface area (Å²) in [4.78, 5) is 22.4. The van der Waals surface area contributed by atoms with Crippen molar-refractivity contribution in [3.63, 3.8) is 0 Å². The smallest absolute Gasteiger partial charge is 0.320 e. The van der Waals surface area contributed by atoms with Gasteiger partial charge in [-0.3, -0.25) is 14.3 Å². The van der Waals surface area contributed by atoms with Gasteiger partial charge in [0.05, 0.1) is 4.90 Å². The summed E-state index contributed by atoms with van der Waals surface area (Å²) in [5.41, 5.74) is 5.71. The molecule has 0 radical (unpaired) electrons. The van der Waals surface area contributed by atoms with E-state index in [0.717, 1.165) is 11.3 Å². The van der Waals surface area contributed by atoms with E-state index in [0.29, 0.717) is 10.7 Å². The zero-order chi connectivity index (χ0) is 19.3. The summed E-state index contributed by atoms with van der Waals surface area (Å²) < 4.78 is 26.8. The molecule has 1 amide bonds. The molecule has 1 heterocycles. The lowest BCUT2D eigenvalue weighted by Crippen LogP contribution is -2.31. The van der Waals surface area contributed by atoms with E-state index in [9.17, 15) is 18.0 Å². The maximum Gasteiger partial charge on any atom is 0.320 e. The number of carboxylic acids is 1. The van der Waals surface area contributed by atoms with Crippen molar-refractivity contribution in [2.75, 3.05) is 10.0 Å². The zero-order valence-electron chi connectivity index (χ0n) is 13.7. The van der Waals surface area contributed by atoms with Gasteiger partial charge in [-0.1, -0.05) is 11.3 Å². The molecule has 140 valence electrons. The molecular formula is C14H17N5O5S2. The number of anilines is 2. The van der Waals surface area contributed by atoms with E-state index >= 15 is 0 Å². The molecule has 0 aliphatic heterocycles. The topological polar surface area (TPSA) is 164 Å². The number of hydrogen-bond donors (Lipinski definition) is 4. The van der Waals surface area contributed by atoms with Crippen LogP contribution in [0.5, 0.6) is 0 Å². The van der Waals surface area contributed by atoms with Gasteiger partial charge in [0.25, 0.3) is 10.0 Å². The maximum atomic E-state index is 12.3. The number of aromatic nitrogens is 2. The Hall–Kier alpha value is -2.57. The van der Waals surface area contributed by atoms with Crippen LogP contribution in [0, 0.1) is 6.92 Å². The van der Waals surface area contributed by atoms with Crippen molar-refractivity contribution in [3.05, 3.63) is 29.3 Å². The fourth-order valence-electron chi connectivity index (χ4n) is 1.86. The Morgan fingerprint density at radius 2 is 1.92 bits per heavy atom. The number of benzene rings is 1. The summed E-state index contributed by atoms with van der Waals surface area (Å²) in [5.74, 6) is -1.59. The first-order valence-corrected chi connectivity index (χ1v) is 9.68. The molecule has 12 heteroatoms. The number of sulfonamides is 1. The summed E-state index contributed by atoms with van der Waals surface area (Å²) in [6.07, 6.45) is -0.0652. The molecule has 26 heavy (non-hydrogen) atoms. The van der Waals surface area contributed by atoms with Crippen molar-refractivity contribution in [2.45, 2.75) is 30.7 Å². The number of aryl methyl sites for hydroxylation is 1. The molecule has 0 bridgehead atoms. The number of carboxylic acid groups (broad SMARTS) is 1. The lowest BCUT2D eigenvalue weighted by Gasteiger charge is -2.09. The summed E-state index contributed by atoms with van der Waals surface area (Å²) in [6.45, 7) is 1.70. The van der Waals surface area contributed by atoms with Crippen molar-refractivity contribution in [3.8, 4) is 0 Å². The first-order valence-electron chi connectivity index (χ1n) is 7.38. The average Bonchev–Trinajstić information content (AvgIpc) is 2.97. The van der Waals surface area contributed by atoms with Crippen LogP contribution in [0.15, 0.2) is 29.2 Å². The van der Waals surface area contributed by atoms with Gasteiger partial charge in [0.1, 0.15) is 11.0 Å². The minimum Gasteiger partial charge on any atom is -0.480 e. The number of aliphatic carboxylic acids is 1. The Labute approximate surface area is 153 Å². The molecule has 0 fully saturated rings. The van der Waals surface area contributed by atoms with E-state index < -0.39 is 27.9 Å². The largest absolute Gasteiger partial charge is 0.480 e. The zero-order valence-corrected chi connectivity index (χ0v) is 15.3. The molecule has 1 atom stereocenters. The summed E-state index contributed by atoms with van der Waals surface area (Å²) in [6, 6.07) is 4.40. The van der Waals surface area contributed by atoms with Crippen LogP contribution in [0.3, 0.4) is 0 Å². The minimum absolute atomic E-state index is 0.00118. The highest BCUT2D eigenvalue weighted by atomic mass is 32.2. The third-order valence-electron chi connectivity index (χ3n) is 3.20. The number of nitrogens with zero attached hydrogens (tertiary/aromatic N) is 2. The fraction of sp³-hybridized carbons (Fsp3) is 0.286. The molecule has 1 aromatic heterocycles. The van der Waals surface area contributed by atoms with Crippen molar-refractivity contribution >= 4 is 44.1 Å². The minimum atomic E-state index is -3.81. The van der Waals surface area contributed by atoms with Crippen molar-refractivity contribution in [1.29, 1.82) is 0 Å². The second-order valence-electron chi connectivity index (χ2n) is 5.29. The molecule has 0 spiro atoms. The lowest BCUT2D eigenvalue weighted by molar-refractivity contribution is -0.138. The second kappa shape index (κ2) is 8.21. The van der Waals surface area contributed by atoms with Gasteiger partial charge < -0.3 is 16.2 Å². The predicted octanol–water partition coefficient (Wildman–Crippen LogP) is 0.778. The van der Waals surface area contributed by atoms with Crippen molar-refractivity contribution < 1.29 is 23.1 Å². The first kappa shape index (κ1) is 19.8. The Kier molecular flexibility index (Phi) is 6.23. The SMILES string of the molecule is Cc1nnc(NS(=O)(=O)c2ccc(NC(=O)CC[C@H](N)C(=O)O)cc2)s1. The highest BCUT2D eigenvalue weighted by Gasteiger charge is 2.17. The fourth-order valence-corrected chi connectivity index (χ4v) is 3.68. The van der Waals surface area contributed by atoms with Crippen LogP contribution in [0.2, 0.25) is 0 Å². The summed E-state index contributed by atoms with van der Waals surface area (Å²) in [7, 11) is -3.81. The van der Waals surface area contributed by atoms with E-state index in [-0.39, 0.29) is 22.9 Å². The van der Waals surface area contributed by atoms with E-state index in [4.69, 9.17) is 10.8 Å². The third-order valence-corrected chi connectivity index (χ3v) is 5.43. The normalized spacial score (nSPS) is 12.4. The molecule has 2 aromatic rings. The average molecular weight is 399 g/mol. The number of carbonyl (C=O) groups is 2. The van der Waals surface area contributed by atoms with Crippen molar-refractivity contribution in [2.24, 2.45) is 5.73 Å². The van der Waals surface area contributed by atoms with Gasteiger partial charge >= 0.3 is 5.97 Å². The number of nitrogens with two attached hydrogens (primary N) is 1. The standard InChI is InChI=1S/C14H17N5O5S2/c1-8-17-18-14(25-8)19-26(23,24)10-4-2-9(3-5-10)16-12(20)7-6-11(15)13(21)22/h2-5,11H,6-7,15H2,1H3,(H,16,20)(H,18,19)(H,21,22)/t11-/m0/s1. The molecular weight excluding hydrogens is 382 g/mol. The van der Waals surface area contributed by atoms with E-state index in [1.807, 2.05) is 0 Å². The molecule has 0 aliphatic carbocycles. The van der Waals surface area contributed by atoms with Gasteiger partial charge in [0.2, 0.25) is 11.0 Å². The monoisotopic (exact) mass is 399 g/mol. The van der Waals surface area contributed by atoms with Gasteiger partial charge in [0.15, 0.2) is 0 Å². The number of nitrogens with one attached hydrogen (secondary N) is 2. The number of carbonyl (C=O) groups excluding carboxylic acids is 1. The lowest BCUT2D eigenvalue weighted by atomic mass is 10.1. The third kappa shape index (κ3) is 5.47. The van der Waals surface area contributed by atoms with Crippen LogP contribution in [-0.2, 0) is 19.6 Å². The van der Waals surface area contributed by atoms with Crippen LogP contribution in [0.25, 0.3) is 0 Å². The van der Waals surface area contributed by atoms with Gasteiger partial charge in [-0.05, 0) is 37.6 Å². The van der Waals surface area contributed by atoms with E-state index in [1.165, 1.54) is 24.3 Å². The second-order valence-corrected chi connectivity index (χ2v) is 8.15.